The number of carbonyl (C=O) groups excluding carboxylic acids is 1. The van der Waals surface area contributed by atoms with Crippen LogP contribution in [0.1, 0.15) is 17.5 Å². The number of likely N-dealkylation sites (N-methyl/N-ethyl adjacent to an activating group) is 1. The normalized spacial score (nSPS) is 15.3. The predicted molar refractivity (Wildman–Crippen MR) is 122 cm³/mol. The lowest BCUT2D eigenvalue weighted by molar-refractivity contribution is -0.124. The molecule has 1 aliphatic rings. The zero-order valence-electron chi connectivity index (χ0n) is 18.1. The summed E-state index contributed by atoms with van der Waals surface area (Å²) in [5, 5.41) is 0. The highest BCUT2D eigenvalue weighted by Crippen LogP contribution is 2.28. The number of nitrogens with zero attached hydrogens (tertiary/aromatic N) is 2. The second-order valence-electron chi connectivity index (χ2n) is 7.37. The molecule has 2 aromatic carbocycles. The second-order valence-corrected chi connectivity index (χ2v) is 9.38. The molecule has 1 aliphatic heterocycles. The lowest BCUT2D eigenvalue weighted by Gasteiger charge is -2.17. The van der Waals surface area contributed by atoms with E-state index in [2.05, 4.69) is 0 Å². The van der Waals surface area contributed by atoms with Crippen molar-refractivity contribution in [2.75, 3.05) is 44.4 Å². The van der Waals surface area contributed by atoms with Crippen molar-refractivity contribution in [1.29, 1.82) is 0 Å². The van der Waals surface area contributed by atoms with Crippen molar-refractivity contribution in [2.45, 2.75) is 12.8 Å². The SMILES string of the molecule is COc1ccc(CCN(C)C(=O)/C=C/c2ccc(N3CCCS3(=O)=O)cc2)cc1OC. The van der Waals surface area contributed by atoms with Crippen molar-refractivity contribution in [2.24, 2.45) is 0 Å². The van der Waals surface area contributed by atoms with E-state index in [1.807, 2.05) is 30.3 Å². The summed E-state index contributed by atoms with van der Waals surface area (Å²) in [5.41, 5.74) is 2.55. The Hall–Kier alpha value is -3.00. The van der Waals surface area contributed by atoms with E-state index in [0.717, 1.165) is 11.1 Å². The molecule has 166 valence electrons. The lowest BCUT2D eigenvalue weighted by atomic mass is 10.1. The molecule has 1 amide bonds. The summed E-state index contributed by atoms with van der Waals surface area (Å²) in [6.07, 6.45) is 4.59. The summed E-state index contributed by atoms with van der Waals surface area (Å²) in [6, 6.07) is 12.9. The fraction of sp³-hybridized carbons (Fsp3) is 0.348. The topological polar surface area (TPSA) is 76.2 Å². The summed E-state index contributed by atoms with van der Waals surface area (Å²) in [4.78, 5) is 14.1. The Kier molecular flexibility index (Phi) is 7.22. The van der Waals surface area contributed by atoms with Gasteiger partial charge in [-0.1, -0.05) is 18.2 Å². The Morgan fingerprint density at radius 1 is 1.10 bits per heavy atom. The standard InChI is InChI=1S/C23H28N2O5S/c1-24(15-13-19-7-11-21(29-2)22(17-19)30-3)23(26)12-8-18-5-9-20(10-6-18)25-14-4-16-31(25,27)28/h5-12,17H,4,13-16H2,1-3H3/b12-8+. The van der Waals surface area contributed by atoms with Crippen LogP contribution in [-0.4, -0.2) is 59.3 Å². The third kappa shape index (κ3) is 5.58. The summed E-state index contributed by atoms with van der Waals surface area (Å²) in [6.45, 7) is 1.07. The van der Waals surface area contributed by atoms with Crippen LogP contribution in [0.5, 0.6) is 11.5 Å². The number of carbonyl (C=O) groups is 1. The molecule has 8 heteroatoms. The third-order valence-electron chi connectivity index (χ3n) is 5.26. The van der Waals surface area contributed by atoms with Crippen molar-refractivity contribution < 1.29 is 22.7 Å². The number of rotatable bonds is 8. The van der Waals surface area contributed by atoms with Gasteiger partial charge in [0.05, 0.1) is 25.7 Å². The minimum absolute atomic E-state index is 0.105. The van der Waals surface area contributed by atoms with Gasteiger partial charge in [0.2, 0.25) is 15.9 Å². The molecule has 1 saturated heterocycles. The van der Waals surface area contributed by atoms with Crippen LogP contribution in [-0.2, 0) is 21.2 Å². The molecule has 1 heterocycles. The van der Waals surface area contributed by atoms with E-state index < -0.39 is 10.0 Å². The maximum absolute atomic E-state index is 12.4. The number of ether oxygens (including phenoxy) is 2. The van der Waals surface area contributed by atoms with Gasteiger partial charge in [0.15, 0.2) is 11.5 Å². The summed E-state index contributed by atoms with van der Waals surface area (Å²) < 4.78 is 36.0. The molecular formula is C23H28N2O5S. The molecular weight excluding hydrogens is 416 g/mol. The van der Waals surface area contributed by atoms with E-state index in [0.29, 0.717) is 43.1 Å². The first kappa shape index (κ1) is 22.7. The molecule has 1 fully saturated rings. The van der Waals surface area contributed by atoms with E-state index in [1.165, 1.54) is 10.4 Å². The number of amides is 1. The number of hydrogen-bond acceptors (Lipinski definition) is 5. The fourth-order valence-corrected chi connectivity index (χ4v) is 4.98. The van der Waals surface area contributed by atoms with Crippen molar-refractivity contribution in [3.05, 3.63) is 59.7 Å². The van der Waals surface area contributed by atoms with E-state index >= 15 is 0 Å². The molecule has 2 aromatic rings. The van der Waals surface area contributed by atoms with Gasteiger partial charge in [-0.25, -0.2) is 8.42 Å². The molecule has 31 heavy (non-hydrogen) atoms. The molecule has 0 atom stereocenters. The van der Waals surface area contributed by atoms with Crippen molar-refractivity contribution in [1.82, 2.24) is 4.90 Å². The van der Waals surface area contributed by atoms with Crippen LogP contribution in [0.25, 0.3) is 6.08 Å². The molecule has 0 N–H and O–H groups in total. The predicted octanol–water partition coefficient (Wildman–Crippen LogP) is 2.96. The highest BCUT2D eigenvalue weighted by Gasteiger charge is 2.28. The largest absolute Gasteiger partial charge is 0.493 e. The van der Waals surface area contributed by atoms with Gasteiger partial charge >= 0.3 is 0 Å². The number of benzene rings is 2. The molecule has 0 spiro atoms. The average Bonchev–Trinajstić information content (AvgIpc) is 3.14. The van der Waals surface area contributed by atoms with Gasteiger partial charge < -0.3 is 14.4 Å². The van der Waals surface area contributed by atoms with Crippen molar-refractivity contribution in [3.63, 3.8) is 0 Å². The van der Waals surface area contributed by atoms with E-state index in [4.69, 9.17) is 9.47 Å². The van der Waals surface area contributed by atoms with Crippen LogP contribution in [0.4, 0.5) is 5.69 Å². The molecule has 0 aliphatic carbocycles. The van der Waals surface area contributed by atoms with Gasteiger partial charge in [-0.3, -0.25) is 9.10 Å². The first-order valence-corrected chi connectivity index (χ1v) is 11.7. The second kappa shape index (κ2) is 9.87. The first-order valence-electron chi connectivity index (χ1n) is 10.1. The van der Waals surface area contributed by atoms with Crippen LogP contribution >= 0.6 is 0 Å². The zero-order chi connectivity index (χ0) is 22.4. The molecule has 0 bridgehead atoms. The van der Waals surface area contributed by atoms with Crippen LogP contribution in [0.15, 0.2) is 48.5 Å². The molecule has 0 unspecified atom stereocenters. The number of methoxy groups -OCH3 is 2. The van der Waals surface area contributed by atoms with Gasteiger partial charge in [-0.15, -0.1) is 0 Å². The first-order chi connectivity index (χ1) is 14.8. The minimum atomic E-state index is -3.19. The Balaban J connectivity index is 1.56. The van der Waals surface area contributed by atoms with Crippen molar-refractivity contribution >= 4 is 27.7 Å². The van der Waals surface area contributed by atoms with Crippen LogP contribution in [0.2, 0.25) is 0 Å². The Labute approximate surface area is 183 Å². The zero-order valence-corrected chi connectivity index (χ0v) is 18.9. The summed E-state index contributed by atoms with van der Waals surface area (Å²) in [5.74, 6) is 1.43. The fourth-order valence-electron chi connectivity index (χ4n) is 3.42. The van der Waals surface area contributed by atoms with Gasteiger partial charge in [0.1, 0.15) is 0 Å². The maximum atomic E-state index is 12.4. The number of hydrogen-bond donors (Lipinski definition) is 0. The van der Waals surface area contributed by atoms with E-state index in [1.54, 1.807) is 44.4 Å². The van der Waals surface area contributed by atoms with Gasteiger partial charge in [-0.2, -0.15) is 0 Å². The minimum Gasteiger partial charge on any atom is -0.493 e. The Morgan fingerprint density at radius 3 is 2.42 bits per heavy atom. The van der Waals surface area contributed by atoms with E-state index in [9.17, 15) is 13.2 Å². The molecule has 0 radical (unpaired) electrons. The smallest absolute Gasteiger partial charge is 0.246 e. The molecule has 0 saturated carbocycles. The number of sulfonamides is 1. The van der Waals surface area contributed by atoms with Crippen LogP contribution < -0.4 is 13.8 Å². The maximum Gasteiger partial charge on any atom is 0.246 e. The van der Waals surface area contributed by atoms with Gasteiger partial charge in [0, 0.05) is 26.2 Å². The van der Waals surface area contributed by atoms with Crippen molar-refractivity contribution in [3.8, 4) is 11.5 Å². The quantitative estimate of drug-likeness (QED) is 0.585. The summed E-state index contributed by atoms with van der Waals surface area (Å²) in [7, 11) is 1.76. The Morgan fingerprint density at radius 2 is 1.81 bits per heavy atom. The third-order valence-corrected chi connectivity index (χ3v) is 7.13. The lowest BCUT2D eigenvalue weighted by Crippen LogP contribution is -2.27. The average molecular weight is 445 g/mol. The van der Waals surface area contributed by atoms with Gasteiger partial charge in [-0.05, 0) is 54.3 Å². The number of anilines is 1. The van der Waals surface area contributed by atoms with Gasteiger partial charge in [0.25, 0.3) is 0 Å². The van der Waals surface area contributed by atoms with E-state index in [-0.39, 0.29) is 11.7 Å². The molecule has 0 aromatic heterocycles. The monoisotopic (exact) mass is 444 g/mol. The summed E-state index contributed by atoms with van der Waals surface area (Å²) >= 11 is 0. The van der Waals surface area contributed by atoms with Crippen LogP contribution in [0.3, 0.4) is 0 Å². The van der Waals surface area contributed by atoms with Crippen LogP contribution in [0, 0.1) is 0 Å². The highest BCUT2D eigenvalue weighted by atomic mass is 32.2. The highest BCUT2D eigenvalue weighted by molar-refractivity contribution is 7.93. The molecule has 3 rings (SSSR count). The molecule has 7 nitrogen and oxygen atoms in total. The Bertz CT molecular complexity index is 1050.